The number of hydrogen-bond acceptors (Lipinski definition) is 6. The highest BCUT2D eigenvalue weighted by Gasteiger charge is 2.32. The van der Waals surface area contributed by atoms with Gasteiger partial charge in [-0.1, -0.05) is 24.3 Å². The molecule has 180 valence electrons. The SMILES string of the molecule is COc1ccc2c(c1)C(N1CCN(C(=O)COc3ccccc3)[C@@H](C)C1)=Nc1ccc(C)cc1O2. The second-order valence-electron chi connectivity index (χ2n) is 8.85. The van der Waals surface area contributed by atoms with Gasteiger partial charge in [0.05, 0.1) is 12.7 Å². The molecule has 5 rings (SSSR count). The van der Waals surface area contributed by atoms with E-state index in [1.165, 1.54) is 0 Å². The van der Waals surface area contributed by atoms with Gasteiger partial charge >= 0.3 is 0 Å². The third-order valence-electron chi connectivity index (χ3n) is 6.34. The number of hydrogen-bond donors (Lipinski definition) is 0. The first-order valence-corrected chi connectivity index (χ1v) is 11.8. The summed E-state index contributed by atoms with van der Waals surface area (Å²) < 4.78 is 17.5. The number of piperazine rings is 1. The van der Waals surface area contributed by atoms with Gasteiger partial charge < -0.3 is 24.0 Å². The number of nitrogens with zero attached hydrogens (tertiary/aromatic N) is 3. The Morgan fingerprint density at radius 1 is 1.03 bits per heavy atom. The number of aryl methyl sites for hydroxylation is 1. The molecule has 0 spiro atoms. The van der Waals surface area contributed by atoms with Crippen LogP contribution in [0, 0.1) is 6.92 Å². The lowest BCUT2D eigenvalue weighted by Crippen LogP contribution is -2.56. The van der Waals surface area contributed by atoms with Gasteiger partial charge in [0, 0.05) is 25.7 Å². The van der Waals surface area contributed by atoms with Crippen LogP contribution < -0.4 is 14.2 Å². The second-order valence-corrected chi connectivity index (χ2v) is 8.85. The quantitative estimate of drug-likeness (QED) is 0.547. The minimum Gasteiger partial charge on any atom is -0.497 e. The largest absolute Gasteiger partial charge is 0.497 e. The van der Waals surface area contributed by atoms with Crippen molar-refractivity contribution in [1.29, 1.82) is 0 Å². The number of rotatable bonds is 4. The molecule has 1 saturated heterocycles. The van der Waals surface area contributed by atoms with Crippen molar-refractivity contribution in [3.05, 3.63) is 77.9 Å². The van der Waals surface area contributed by atoms with E-state index in [-0.39, 0.29) is 18.6 Å². The Bertz CT molecular complexity index is 1260. The summed E-state index contributed by atoms with van der Waals surface area (Å²) in [5, 5.41) is 0. The third kappa shape index (κ3) is 4.80. The van der Waals surface area contributed by atoms with Crippen LogP contribution in [0.2, 0.25) is 0 Å². The van der Waals surface area contributed by atoms with E-state index >= 15 is 0 Å². The highest BCUT2D eigenvalue weighted by Crippen LogP contribution is 2.40. The lowest BCUT2D eigenvalue weighted by atomic mass is 10.1. The number of para-hydroxylation sites is 1. The molecule has 2 aliphatic rings. The van der Waals surface area contributed by atoms with Gasteiger partial charge in [0.15, 0.2) is 12.4 Å². The molecule has 0 bridgehead atoms. The molecular formula is C28H29N3O4. The summed E-state index contributed by atoms with van der Waals surface area (Å²) in [7, 11) is 1.65. The molecule has 1 amide bonds. The van der Waals surface area contributed by atoms with E-state index in [1.807, 2.05) is 78.6 Å². The van der Waals surface area contributed by atoms with E-state index in [4.69, 9.17) is 19.2 Å². The number of amides is 1. The van der Waals surface area contributed by atoms with Gasteiger partial charge in [-0.2, -0.15) is 0 Å². The van der Waals surface area contributed by atoms with Crippen LogP contribution in [-0.4, -0.2) is 60.9 Å². The molecule has 1 atom stereocenters. The Labute approximate surface area is 205 Å². The average Bonchev–Trinajstić information content (AvgIpc) is 3.03. The molecule has 0 unspecified atom stereocenters. The minimum atomic E-state index is -0.0185. The predicted octanol–water partition coefficient (Wildman–Crippen LogP) is 4.80. The first-order valence-electron chi connectivity index (χ1n) is 11.8. The maximum Gasteiger partial charge on any atom is 0.260 e. The number of carbonyl (C=O) groups is 1. The van der Waals surface area contributed by atoms with Crippen molar-refractivity contribution in [2.75, 3.05) is 33.4 Å². The number of ether oxygens (including phenoxy) is 3. The third-order valence-corrected chi connectivity index (χ3v) is 6.34. The zero-order valence-corrected chi connectivity index (χ0v) is 20.2. The Balaban J connectivity index is 1.38. The van der Waals surface area contributed by atoms with E-state index in [0.29, 0.717) is 25.4 Å². The smallest absolute Gasteiger partial charge is 0.260 e. The van der Waals surface area contributed by atoms with Gasteiger partial charge in [-0.25, -0.2) is 4.99 Å². The molecule has 7 nitrogen and oxygen atoms in total. The average molecular weight is 472 g/mol. The van der Waals surface area contributed by atoms with E-state index in [1.54, 1.807) is 7.11 Å². The predicted molar refractivity (Wildman–Crippen MR) is 135 cm³/mol. The fraction of sp³-hybridized carbons (Fsp3) is 0.286. The number of carbonyl (C=O) groups excluding carboxylic acids is 1. The molecule has 7 heteroatoms. The van der Waals surface area contributed by atoms with E-state index in [0.717, 1.165) is 39.9 Å². The van der Waals surface area contributed by atoms with Crippen LogP contribution >= 0.6 is 0 Å². The normalized spacial score (nSPS) is 16.9. The lowest BCUT2D eigenvalue weighted by molar-refractivity contribution is -0.137. The fourth-order valence-electron chi connectivity index (χ4n) is 4.49. The van der Waals surface area contributed by atoms with Crippen molar-refractivity contribution >= 4 is 17.4 Å². The monoisotopic (exact) mass is 471 g/mol. The van der Waals surface area contributed by atoms with E-state index < -0.39 is 0 Å². The Hall–Kier alpha value is -4.00. The first kappa shape index (κ1) is 22.8. The van der Waals surface area contributed by atoms with Gasteiger partial charge in [-0.15, -0.1) is 0 Å². The van der Waals surface area contributed by atoms with Crippen molar-refractivity contribution in [2.24, 2.45) is 4.99 Å². The second kappa shape index (κ2) is 9.70. The standard InChI is InChI=1S/C28H29N3O4/c1-19-9-11-24-26(15-19)35-25-12-10-22(33-3)16-23(25)28(29-24)30-13-14-31(20(2)17-30)27(32)18-34-21-7-5-4-6-8-21/h4-12,15-16,20H,13-14,17-18H2,1-3H3/t20-/m0/s1. The van der Waals surface area contributed by atoms with Crippen LogP contribution in [0.1, 0.15) is 18.1 Å². The zero-order chi connectivity index (χ0) is 24.4. The molecule has 0 N–H and O–H groups in total. The van der Waals surface area contributed by atoms with E-state index in [9.17, 15) is 4.79 Å². The molecule has 2 heterocycles. The van der Waals surface area contributed by atoms with E-state index in [2.05, 4.69) is 11.8 Å². The molecule has 0 aromatic heterocycles. The van der Waals surface area contributed by atoms with Crippen molar-refractivity contribution in [3.8, 4) is 23.0 Å². The Morgan fingerprint density at radius 3 is 2.63 bits per heavy atom. The molecule has 0 radical (unpaired) electrons. The number of amidine groups is 1. The maximum absolute atomic E-state index is 12.9. The van der Waals surface area contributed by atoms with Crippen LogP contribution in [0.25, 0.3) is 0 Å². The lowest BCUT2D eigenvalue weighted by Gasteiger charge is -2.41. The number of benzene rings is 3. The van der Waals surface area contributed by atoms with Crippen molar-refractivity contribution < 1.29 is 19.0 Å². The number of aliphatic imine (C=N–C) groups is 1. The molecule has 0 saturated carbocycles. The number of fused-ring (bicyclic) bond motifs is 2. The van der Waals surface area contributed by atoms with Gasteiger partial charge in [-0.3, -0.25) is 4.79 Å². The van der Waals surface area contributed by atoms with Gasteiger partial charge in [0.25, 0.3) is 5.91 Å². The van der Waals surface area contributed by atoms with Crippen molar-refractivity contribution in [1.82, 2.24) is 9.80 Å². The topological polar surface area (TPSA) is 63.6 Å². The van der Waals surface area contributed by atoms with Gasteiger partial charge in [0.1, 0.15) is 28.8 Å². The van der Waals surface area contributed by atoms with Crippen LogP contribution in [-0.2, 0) is 4.79 Å². The molecule has 2 aliphatic heterocycles. The number of methoxy groups -OCH3 is 1. The van der Waals surface area contributed by atoms with Crippen LogP contribution in [0.3, 0.4) is 0 Å². The molecule has 35 heavy (non-hydrogen) atoms. The Kier molecular flexibility index (Phi) is 6.31. The molecule has 3 aromatic carbocycles. The summed E-state index contributed by atoms with van der Waals surface area (Å²) in [6, 6.07) is 21.2. The highest BCUT2D eigenvalue weighted by atomic mass is 16.5. The van der Waals surface area contributed by atoms with Crippen molar-refractivity contribution in [2.45, 2.75) is 19.9 Å². The molecular weight excluding hydrogens is 442 g/mol. The summed E-state index contributed by atoms with van der Waals surface area (Å²) in [6.45, 7) is 6.00. The van der Waals surface area contributed by atoms with Crippen molar-refractivity contribution in [3.63, 3.8) is 0 Å². The summed E-state index contributed by atoms with van der Waals surface area (Å²) in [6.07, 6.45) is 0. The summed E-state index contributed by atoms with van der Waals surface area (Å²) in [5.74, 6) is 3.69. The van der Waals surface area contributed by atoms with Crippen LogP contribution in [0.4, 0.5) is 5.69 Å². The maximum atomic E-state index is 12.9. The zero-order valence-electron chi connectivity index (χ0n) is 20.2. The fourth-order valence-corrected chi connectivity index (χ4v) is 4.49. The Morgan fingerprint density at radius 2 is 1.86 bits per heavy atom. The van der Waals surface area contributed by atoms with Crippen LogP contribution in [0.5, 0.6) is 23.0 Å². The summed E-state index contributed by atoms with van der Waals surface area (Å²) in [5.41, 5.74) is 2.76. The van der Waals surface area contributed by atoms with Gasteiger partial charge in [-0.05, 0) is 61.9 Å². The van der Waals surface area contributed by atoms with Crippen LogP contribution in [0.15, 0.2) is 71.7 Å². The molecule has 3 aromatic rings. The summed E-state index contributed by atoms with van der Waals surface area (Å²) >= 11 is 0. The highest BCUT2D eigenvalue weighted by molar-refractivity contribution is 6.04. The first-order chi connectivity index (χ1) is 17.0. The molecule has 1 fully saturated rings. The minimum absolute atomic E-state index is 0.00552. The molecule has 0 aliphatic carbocycles. The summed E-state index contributed by atoms with van der Waals surface area (Å²) in [4.78, 5) is 22.1. The van der Waals surface area contributed by atoms with Gasteiger partial charge in [0.2, 0.25) is 0 Å².